The third-order valence-electron chi connectivity index (χ3n) is 5.01. The van der Waals surface area contributed by atoms with E-state index in [4.69, 9.17) is 0 Å². The van der Waals surface area contributed by atoms with E-state index in [1.54, 1.807) is 0 Å². The molecule has 0 aliphatic carbocycles. The van der Waals surface area contributed by atoms with E-state index in [1.165, 1.54) is 30.5 Å². The number of aliphatic imine (C=N–C) groups is 1. The van der Waals surface area contributed by atoms with Gasteiger partial charge in [0.25, 0.3) is 0 Å². The number of imidazole rings is 1. The van der Waals surface area contributed by atoms with E-state index in [9.17, 15) is 0 Å². The van der Waals surface area contributed by atoms with Crippen LogP contribution in [-0.2, 0) is 13.1 Å². The summed E-state index contributed by atoms with van der Waals surface area (Å²) in [5.41, 5.74) is 2.52. The number of aromatic nitrogens is 2. The van der Waals surface area contributed by atoms with Crippen LogP contribution in [-0.4, -0.2) is 53.1 Å². The summed E-state index contributed by atoms with van der Waals surface area (Å²) in [6.07, 6.45) is 8.22. The highest BCUT2D eigenvalue weighted by Gasteiger charge is 2.22. The van der Waals surface area contributed by atoms with E-state index in [0.29, 0.717) is 6.04 Å². The molecule has 3 rings (SSSR count). The van der Waals surface area contributed by atoms with Gasteiger partial charge in [0.1, 0.15) is 0 Å². The molecule has 1 saturated heterocycles. The number of hydrogen-bond acceptors (Lipinski definition) is 3. The Kier molecular flexibility index (Phi) is 6.66. The third kappa shape index (κ3) is 5.08. The molecule has 1 aliphatic heterocycles. The van der Waals surface area contributed by atoms with Crippen LogP contribution in [0.4, 0.5) is 0 Å². The van der Waals surface area contributed by atoms with Gasteiger partial charge in [-0.25, -0.2) is 4.98 Å². The fraction of sp³-hybridized carbons (Fsp3) is 0.500. The van der Waals surface area contributed by atoms with Crippen molar-refractivity contribution < 1.29 is 0 Å². The highest BCUT2D eigenvalue weighted by atomic mass is 15.2. The molecule has 1 aromatic carbocycles. The molecule has 2 aromatic rings. The third-order valence-corrected chi connectivity index (χ3v) is 5.01. The number of likely N-dealkylation sites (tertiary alicyclic amines) is 1. The molecule has 1 unspecified atom stereocenters. The molecule has 0 saturated carbocycles. The van der Waals surface area contributed by atoms with Crippen LogP contribution in [0.5, 0.6) is 0 Å². The molecule has 6 heteroatoms. The molecule has 26 heavy (non-hydrogen) atoms. The van der Waals surface area contributed by atoms with Gasteiger partial charge in [-0.2, -0.15) is 0 Å². The Morgan fingerprint density at radius 3 is 2.96 bits per heavy atom. The Labute approximate surface area is 156 Å². The lowest BCUT2D eigenvalue weighted by Crippen LogP contribution is -2.44. The molecular formula is C20H30N6. The predicted molar refractivity (Wildman–Crippen MR) is 106 cm³/mol. The molecule has 0 radical (unpaired) electrons. The second kappa shape index (κ2) is 9.38. The van der Waals surface area contributed by atoms with Crippen LogP contribution in [0.1, 0.15) is 30.9 Å². The molecule has 6 nitrogen and oxygen atoms in total. The summed E-state index contributed by atoms with van der Waals surface area (Å²) in [4.78, 5) is 11.0. The van der Waals surface area contributed by atoms with Crippen LogP contribution in [0.3, 0.4) is 0 Å². The first kappa shape index (κ1) is 18.5. The summed E-state index contributed by atoms with van der Waals surface area (Å²) in [7, 11) is 1.83. The van der Waals surface area contributed by atoms with Crippen molar-refractivity contribution in [3.63, 3.8) is 0 Å². The normalized spacial score (nSPS) is 18.2. The molecule has 2 N–H and O–H groups in total. The second-order valence-corrected chi connectivity index (χ2v) is 6.79. The van der Waals surface area contributed by atoms with E-state index < -0.39 is 0 Å². The zero-order chi connectivity index (χ0) is 18.2. The van der Waals surface area contributed by atoms with Crippen LogP contribution in [0.2, 0.25) is 0 Å². The van der Waals surface area contributed by atoms with Crippen molar-refractivity contribution in [3.8, 4) is 0 Å². The highest BCUT2D eigenvalue weighted by Crippen LogP contribution is 2.15. The number of hydrogen-bond donors (Lipinski definition) is 2. The van der Waals surface area contributed by atoms with Gasteiger partial charge in [-0.3, -0.25) is 9.89 Å². The summed E-state index contributed by atoms with van der Waals surface area (Å²) in [5, 5.41) is 6.91. The Morgan fingerprint density at radius 1 is 1.31 bits per heavy atom. The van der Waals surface area contributed by atoms with E-state index >= 15 is 0 Å². The summed E-state index contributed by atoms with van der Waals surface area (Å²) in [6.45, 7) is 7.14. The zero-order valence-corrected chi connectivity index (χ0v) is 15.9. The Balaban J connectivity index is 1.49. The van der Waals surface area contributed by atoms with Gasteiger partial charge in [0.15, 0.2) is 5.96 Å². The van der Waals surface area contributed by atoms with Gasteiger partial charge in [0.05, 0.1) is 6.33 Å². The first-order chi connectivity index (χ1) is 12.8. The monoisotopic (exact) mass is 354 g/mol. The van der Waals surface area contributed by atoms with Crippen molar-refractivity contribution in [2.45, 2.75) is 38.9 Å². The molecule has 1 fully saturated rings. The summed E-state index contributed by atoms with van der Waals surface area (Å²) in [6, 6.07) is 9.26. The molecule has 0 amide bonds. The second-order valence-electron chi connectivity index (χ2n) is 6.79. The molecule has 1 atom stereocenters. The minimum absolute atomic E-state index is 0.622. The fourth-order valence-electron chi connectivity index (χ4n) is 3.59. The number of rotatable bonds is 7. The minimum Gasteiger partial charge on any atom is -0.355 e. The molecule has 0 spiro atoms. The maximum absolute atomic E-state index is 4.36. The number of nitrogens with zero attached hydrogens (tertiary/aromatic N) is 4. The maximum Gasteiger partial charge on any atom is 0.191 e. The van der Waals surface area contributed by atoms with E-state index in [2.05, 4.69) is 61.3 Å². The van der Waals surface area contributed by atoms with Gasteiger partial charge < -0.3 is 15.2 Å². The first-order valence-electron chi connectivity index (χ1n) is 9.50. The van der Waals surface area contributed by atoms with Gasteiger partial charge in [-0.1, -0.05) is 31.2 Å². The average Bonchev–Trinajstić information content (AvgIpc) is 3.33. The van der Waals surface area contributed by atoms with Crippen LogP contribution in [0.15, 0.2) is 48.0 Å². The van der Waals surface area contributed by atoms with Crippen LogP contribution in [0.25, 0.3) is 0 Å². The highest BCUT2D eigenvalue weighted by molar-refractivity contribution is 5.79. The first-order valence-corrected chi connectivity index (χ1v) is 9.50. The Bertz CT molecular complexity index is 694. The molecule has 2 heterocycles. The van der Waals surface area contributed by atoms with Gasteiger partial charge in [-0.05, 0) is 37.1 Å². The van der Waals surface area contributed by atoms with Crippen molar-refractivity contribution >= 4 is 5.96 Å². The average molecular weight is 355 g/mol. The van der Waals surface area contributed by atoms with E-state index in [-0.39, 0.29) is 0 Å². The quantitative estimate of drug-likeness (QED) is 0.590. The van der Waals surface area contributed by atoms with Crippen LogP contribution >= 0.6 is 0 Å². The van der Waals surface area contributed by atoms with Gasteiger partial charge in [0, 0.05) is 45.1 Å². The fourth-order valence-corrected chi connectivity index (χ4v) is 3.59. The van der Waals surface area contributed by atoms with Crippen molar-refractivity contribution in [2.75, 3.05) is 26.7 Å². The summed E-state index contributed by atoms with van der Waals surface area (Å²) < 4.78 is 2.08. The number of guanidine groups is 1. The lowest BCUT2D eigenvalue weighted by molar-refractivity contribution is 0.267. The van der Waals surface area contributed by atoms with Gasteiger partial charge in [0.2, 0.25) is 0 Å². The molecule has 1 aromatic heterocycles. The van der Waals surface area contributed by atoms with Crippen molar-refractivity contribution in [1.82, 2.24) is 25.1 Å². The van der Waals surface area contributed by atoms with E-state index in [1.807, 2.05) is 25.8 Å². The number of nitrogens with one attached hydrogen (secondary N) is 2. The maximum atomic E-state index is 4.36. The lowest BCUT2D eigenvalue weighted by Gasteiger charge is -2.24. The molecule has 140 valence electrons. The zero-order valence-electron chi connectivity index (χ0n) is 15.9. The summed E-state index contributed by atoms with van der Waals surface area (Å²) in [5.74, 6) is 0.868. The standard InChI is InChI=1S/C20H30N6/c1-3-26-10-5-8-19(26)14-24-20(21-2)23-13-17-6-4-7-18(12-17)15-25-11-9-22-16-25/h4,6-7,9,11-12,16,19H,3,5,8,10,13-15H2,1-2H3,(H2,21,23,24). The van der Waals surface area contributed by atoms with Gasteiger partial charge >= 0.3 is 0 Å². The van der Waals surface area contributed by atoms with Crippen molar-refractivity contribution in [2.24, 2.45) is 4.99 Å². The largest absolute Gasteiger partial charge is 0.355 e. The number of benzene rings is 1. The summed E-state index contributed by atoms with van der Waals surface area (Å²) >= 11 is 0. The van der Waals surface area contributed by atoms with Crippen LogP contribution in [0, 0.1) is 0 Å². The minimum atomic E-state index is 0.622. The Morgan fingerprint density at radius 2 is 2.19 bits per heavy atom. The van der Waals surface area contributed by atoms with Crippen LogP contribution < -0.4 is 10.6 Å². The van der Waals surface area contributed by atoms with Crippen molar-refractivity contribution in [1.29, 1.82) is 0 Å². The Hall–Kier alpha value is -2.34. The molecule has 1 aliphatic rings. The smallest absolute Gasteiger partial charge is 0.191 e. The number of likely N-dealkylation sites (N-methyl/N-ethyl adjacent to an activating group) is 1. The topological polar surface area (TPSA) is 57.5 Å². The predicted octanol–water partition coefficient (Wildman–Crippen LogP) is 2.08. The lowest BCUT2D eigenvalue weighted by atomic mass is 10.1. The molecule has 0 bridgehead atoms. The SMILES string of the molecule is CCN1CCCC1CNC(=NC)NCc1cccc(Cn2ccnc2)c1. The van der Waals surface area contributed by atoms with E-state index in [0.717, 1.165) is 32.1 Å². The molecular weight excluding hydrogens is 324 g/mol. The van der Waals surface area contributed by atoms with Crippen molar-refractivity contribution in [3.05, 3.63) is 54.1 Å². The van der Waals surface area contributed by atoms with Gasteiger partial charge in [-0.15, -0.1) is 0 Å².